The Kier molecular flexibility index (Phi) is 7.71. The van der Waals surface area contributed by atoms with Crippen LogP contribution in [0.4, 0.5) is 0 Å². The molecular formula is C29H31NO5S. The molecule has 1 aliphatic heterocycles. The molecule has 4 rings (SSSR count). The highest BCUT2D eigenvalue weighted by molar-refractivity contribution is 7.86. The Bertz CT molecular complexity index is 1240. The summed E-state index contributed by atoms with van der Waals surface area (Å²) in [7, 11) is -4.35. The van der Waals surface area contributed by atoms with Gasteiger partial charge in [-0.1, -0.05) is 92.2 Å². The molecule has 3 aromatic rings. The predicted molar refractivity (Wildman–Crippen MR) is 137 cm³/mol. The van der Waals surface area contributed by atoms with E-state index in [1.54, 1.807) is 12.1 Å². The fourth-order valence-electron chi connectivity index (χ4n) is 4.80. The zero-order valence-electron chi connectivity index (χ0n) is 20.7. The fraction of sp³-hybridized carbons (Fsp3) is 0.310. The maximum absolute atomic E-state index is 13.5. The maximum atomic E-state index is 13.5. The van der Waals surface area contributed by atoms with Gasteiger partial charge in [-0.3, -0.25) is 9.59 Å². The van der Waals surface area contributed by atoms with Crippen molar-refractivity contribution in [3.63, 3.8) is 0 Å². The molecule has 2 amide bonds. The Balaban J connectivity index is 1.61. The average molecular weight is 506 g/mol. The lowest BCUT2D eigenvalue weighted by molar-refractivity contribution is -0.165. The molecule has 6 nitrogen and oxygen atoms in total. The van der Waals surface area contributed by atoms with Gasteiger partial charge in [0, 0.05) is 0 Å². The lowest BCUT2D eigenvalue weighted by Crippen LogP contribution is -2.34. The molecule has 0 bridgehead atoms. The summed E-state index contributed by atoms with van der Waals surface area (Å²) in [5, 5.41) is 0.486. The number of carbonyl (C=O) groups is 2. The third-order valence-electron chi connectivity index (χ3n) is 6.95. The maximum Gasteiger partial charge on any atom is 0.318 e. The van der Waals surface area contributed by atoms with Gasteiger partial charge in [-0.2, -0.15) is 8.42 Å². The lowest BCUT2D eigenvalue weighted by Gasteiger charge is -2.22. The summed E-state index contributed by atoms with van der Waals surface area (Å²) in [5.41, 5.74) is 2.99. The minimum absolute atomic E-state index is 0.00358. The summed E-state index contributed by atoms with van der Waals surface area (Å²) < 4.78 is 31.0. The van der Waals surface area contributed by atoms with E-state index in [9.17, 15) is 18.0 Å². The molecule has 0 aromatic heterocycles. The molecule has 0 saturated carbocycles. The molecule has 1 saturated heterocycles. The van der Waals surface area contributed by atoms with Crippen LogP contribution >= 0.6 is 0 Å². The zero-order chi connectivity index (χ0) is 25.9. The number of hydrogen-bond donors (Lipinski definition) is 0. The molecule has 4 atom stereocenters. The average Bonchev–Trinajstić information content (AvgIpc) is 3.09. The van der Waals surface area contributed by atoms with Gasteiger partial charge in [0.25, 0.3) is 11.8 Å². The van der Waals surface area contributed by atoms with Crippen molar-refractivity contribution in [2.45, 2.75) is 50.3 Å². The van der Waals surface area contributed by atoms with E-state index in [1.165, 1.54) is 12.1 Å². The van der Waals surface area contributed by atoms with E-state index in [2.05, 4.69) is 0 Å². The molecule has 1 aliphatic rings. The summed E-state index contributed by atoms with van der Waals surface area (Å²) >= 11 is 0. The lowest BCUT2D eigenvalue weighted by atomic mass is 9.79. The summed E-state index contributed by atoms with van der Waals surface area (Å²) in [6.07, 6.45) is 0.816. The second-order valence-electron chi connectivity index (χ2n) is 9.62. The summed E-state index contributed by atoms with van der Waals surface area (Å²) in [6, 6.07) is 25.6. The normalized spacial score (nSPS) is 19.9. The van der Waals surface area contributed by atoms with Gasteiger partial charge in [-0.05, 0) is 54.9 Å². The predicted octanol–water partition coefficient (Wildman–Crippen LogP) is 5.60. The third-order valence-corrected chi connectivity index (χ3v) is 8.15. The van der Waals surface area contributed by atoms with Gasteiger partial charge in [0.2, 0.25) is 0 Å². The minimum atomic E-state index is -4.35. The highest BCUT2D eigenvalue weighted by Crippen LogP contribution is 2.40. The molecule has 7 heteroatoms. The number of amides is 2. The van der Waals surface area contributed by atoms with Gasteiger partial charge in [0.05, 0.1) is 16.7 Å². The number of benzene rings is 3. The van der Waals surface area contributed by atoms with E-state index in [1.807, 2.05) is 81.4 Å². The first-order chi connectivity index (χ1) is 17.2. The molecule has 0 spiro atoms. The quantitative estimate of drug-likeness (QED) is 0.354. The van der Waals surface area contributed by atoms with Crippen molar-refractivity contribution in [1.29, 1.82) is 0 Å². The Morgan fingerprint density at radius 2 is 1.14 bits per heavy atom. The first-order valence-corrected chi connectivity index (χ1v) is 13.6. The monoisotopic (exact) mass is 505 g/mol. The van der Waals surface area contributed by atoms with E-state index in [-0.39, 0.29) is 16.7 Å². The van der Waals surface area contributed by atoms with Crippen LogP contribution in [0, 0.1) is 18.8 Å². The molecule has 1 fully saturated rings. The Labute approximate surface area is 213 Å². The molecule has 0 radical (unpaired) electrons. The highest BCUT2D eigenvalue weighted by atomic mass is 32.2. The van der Waals surface area contributed by atoms with Gasteiger partial charge >= 0.3 is 10.1 Å². The van der Waals surface area contributed by atoms with Crippen LogP contribution in [0.5, 0.6) is 0 Å². The molecule has 4 unspecified atom stereocenters. The Morgan fingerprint density at radius 3 is 1.56 bits per heavy atom. The molecule has 36 heavy (non-hydrogen) atoms. The number of nitrogens with zero attached hydrogens (tertiary/aromatic N) is 1. The number of hydrogen-bond acceptors (Lipinski definition) is 5. The van der Waals surface area contributed by atoms with Crippen LogP contribution in [-0.4, -0.2) is 25.3 Å². The van der Waals surface area contributed by atoms with Crippen LogP contribution in [0.15, 0.2) is 89.8 Å². The Morgan fingerprint density at radius 1 is 0.722 bits per heavy atom. The molecule has 3 aromatic carbocycles. The minimum Gasteiger partial charge on any atom is -0.272 e. The standard InChI is InChI=1S/C29H31NO5S/c1-20-14-16-25(17-15-20)36(33,34)35-30-28(31)26(18-21(2)23-10-6-4-7-11-23)27(29(30)32)19-22(3)24-12-8-5-9-13-24/h4-17,21-22,26-27H,18-19H2,1-3H3. The van der Waals surface area contributed by atoms with E-state index in [0.29, 0.717) is 17.9 Å². The first-order valence-electron chi connectivity index (χ1n) is 12.2. The van der Waals surface area contributed by atoms with Gasteiger partial charge in [-0.15, -0.1) is 9.35 Å². The van der Waals surface area contributed by atoms with Gasteiger partial charge in [0.1, 0.15) is 0 Å². The summed E-state index contributed by atoms with van der Waals surface area (Å²) in [6.45, 7) is 5.86. The molecule has 0 aliphatic carbocycles. The highest BCUT2D eigenvalue weighted by Gasteiger charge is 2.51. The fourth-order valence-corrected chi connectivity index (χ4v) is 5.70. The summed E-state index contributed by atoms with van der Waals surface area (Å²) in [5.74, 6) is -2.60. The van der Waals surface area contributed by atoms with Crippen LogP contribution in [0.1, 0.15) is 55.2 Å². The number of imide groups is 1. The zero-order valence-corrected chi connectivity index (χ0v) is 21.5. The van der Waals surface area contributed by atoms with Crippen molar-refractivity contribution in [3.8, 4) is 0 Å². The first kappa shape index (κ1) is 25.8. The third kappa shape index (κ3) is 5.58. The smallest absolute Gasteiger partial charge is 0.272 e. The van der Waals surface area contributed by atoms with Crippen molar-refractivity contribution >= 4 is 21.9 Å². The number of aryl methyl sites for hydroxylation is 1. The van der Waals surface area contributed by atoms with E-state index < -0.39 is 33.8 Å². The van der Waals surface area contributed by atoms with E-state index >= 15 is 0 Å². The molecule has 1 heterocycles. The SMILES string of the molecule is Cc1ccc(S(=O)(=O)ON2C(=O)C(CC(C)c3ccccc3)C(CC(C)c3ccccc3)C2=O)cc1. The summed E-state index contributed by atoms with van der Waals surface area (Å²) in [4.78, 5) is 26.9. The largest absolute Gasteiger partial charge is 0.318 e. The number of rotatable bonds is 9. The van der Waals surface area contributed by atoms with Crippen LogP contribution in [-0.2, 0) is 24.0 Å². The van der Waals surface area contributed by atoms with Crippen LogP contribution in [0.25, 0.3) is 0 Å². The topological polar surface area (TPSA) is 80.8 Å². The molecule has 0 N–H and O–H groups in total. The van der Waals surface area contributed by atoms with Crippen LogP contribution < -0.4 is 0 Å². The second-order valence-corrected chi connectivity index (χ2v) is 11.1. The molecule has 188 valence electrons. The van der Waals surface area contributed by atoms with Crippen molar-refractivity contribution in [3.05, 3.63) is 102 Å². The second kappa shape index (κ2) is 10.8. The van der Waals surface area contributed by atoms with Crippen molar-refractivity contribution in [2.24, 2.45) is 11.8 Å². The van der Waals surface area contributed by atoms with E-state index in [0.717, 1.165) is 16.7 Å². The number of hydroxylamine groups is 2. The van der Waals surface area contributed by atoms with Gasteiger partial charge in [-0.25, -0.2) is 0 Å². The van der Waals surface area contributed by atoms with Crippen molar-refractivity contribution in [1.82, 2.24) is 5.06 Å². The molecular weight excluding hydrogens is 474 g/mol. The van der Waals surface area contributed by atoms with Crippen molar-refractivity contribution < 1.29 is 22.3 Å². The van der Waals surface area contributed by atoms with Crippen LogP contribution in [0.3, 0.4) is 0 Å². The van der Waals surface area contributed by atoms with Crippen molar-refractivity contribution in [2.75, 3.05) is 0 Å². The van der Waals surface area contributed by atoms with Gasteiger partial charge in [0.15, 0.2) is 0 Å². The number of carbonyl (C=O) groups excluding carboxylic acids is 2. The van der Waals surface area contributed by atoms with E-state index in [4.69, 9.17) is 4.28 Å². The van der Waals surface area contributed by atoms with Gasteiger partial charge < -0.3 is 0 Å². The van der Waals surface area contributed by atoms with Crippen LogP contribution in [0.2, 0.25) is 0 Å². The Hall–Kier alpha value is -3.29.